The quantitative estimate of drug-likeness (QED) is 0.925. The van der Waals surface area contributed by atoms with Gasteiger partial charge in [0, 0.05) is 17.5 Å². The van der Waals surface area contributed by atoms with Crippen LogP contribution in [0.25, 0.3) is 0 Å². The minimum absolute atomic E-state index is 0.203. The second-order valence-electron chi connectivity index (χ2n) is 5.88. The SMILES string of the molecule is CCC(N)C(c1cccs1)N1CCCc2ccccc2C1. The largest absolute Gasteiger partial charge is 0.326 e. The highest BCUT2D eigenvalue weighted by atomic mass is 32.1. The Morgan fingerprint density at radius 2 is 2.00 bits per heavy atom. The van der Waals surface area contributed by atoms with E-state index >= 15 is 0 Å². The molecule has 1 aliphatic rings. The molecule has 1 aromatic carbocycles. The molecule has 2 aromatic rings. The molecule has 0 aliphatic carbocycles. The lowest BCUT2D eigenvalue weighted by atomic mass is 10.0. The maximum absolute atomic E-state index is 6.48. The molecule has 1 aliphatic heterocycles. The van der Waals surface area contributed by atoms with Gasteiger partial charge in [0.15, 0.2) is 0 Å². The Hall–Kier alpha value is -1.16. The lowest BCUT2D eigenvalue weighted by Gasteiger charge is -2.34. The Labute approximate surface area is 131 Å². The van der Waals surface area contributed by atoms with E-state index in [1.807, 2.05) is 11.3 Å². The zero-order valence-corrected chi connectivity index (χ0v) is 13.5. The number of nitrogens with zero attached hydrogens (tertiary/aromatic N) is 1. The van der Waals surface area contributed by atoms with Crippen molar-refractivity contribution < 1.29 is 0 Å². The van der Waals surface area contributed by atoms with Gasteiger partial charge in [-0.15, -0.1) is 11.3 Å². The van der Waals surface area contributed by atoms with Crippen molar-refractivity contribution in [3.63, 3.8) is 0 Å². The summed E-state index contributed by atoms with van der Waals surface area (Å²) in [5, 5.41) is 2.16. The molecule has 21 heavy (non-hydrogen) atoms. The van der Waals surface area contributed by atoms with Crippen LogP contribution >= 0.6 is 11.3 Å². The molecule has 0 radical (unpaired) electrons. The van der Waals surface area contributed by atoms with Crippen LogP contribution in [-0.4, -0.2) is 17.5 Å². The molecule has 0 saturated carbocycles. The predicted molar refractivity (Wildman–Crippen MR) is 90.5 cm³/mol. The zero-order valence-electron chi connectivity index (χ0n) is 12.7. The molecule has 0 amide bonds. The number of rotatable bonds is 4. The molecular formula is C18H24N2S. The highest BCUT2D eigenvalue weighted by Gasteiger charge is 2.28. The fourth-order valence-electron chi connectivity index (χ4n) is 3.31. The Morgan fingerprint density at radius 3 is 2.71 bits per heavy atom. The minimum Gasteiger partial charge on any atom is -0.326 e. The van der Waals surface area contributed by atoms with Gasteiger partial charge in [-0.3, -0.25) is 4.90 Å². The van der Waals surface area contributed by atoms with Crippen LogP contribution in [0.5, 0.6) is 0 Å². The second kappa shape index (κ2) is 6.73. The molecule has 2 heterocycles. The van der Waals surface area contributed by atoms with Gasteiger partial charge in [0.2, 0.25) is 0 Å². The van der Waals surface area contributed by atoms with Crippen LogP contribution in [-0.2, 0) is 13.0 Å². The van der Waals surface area contributed by atoms with Gasteiger partial charge in [0.25, 0.3) is 0 Å². The number of nitrogens with two attached hydrogens (primary N) is 1. The van der Waals surface area contributed by atoms with E-state index in [2.05, 4.69) is 53.6 Å². The summed E-state index contributed by atoms with van der Waals surface area (Å²) < 4.78 is 0. The standard InChI is InChI=1S/C18H24N2S/c1-2-16(19)18(17-10-6-12-21-17)20-11-5-9-14-7-3-4-8-15(14)13-20/h3-4,6-8,10,12,16,18H,2,5,9,11,13,19H2,1H3. The van der Waals surface area contributed by atoms with E-state index in [4.69, 9.17) is 5.73 Å². The highest BCUT2D eigenvalue weighted by molar-refractivity contribution is 7.10. The maximum Gasteiger partial charge on any atom is 0.0596 e. The molecule has 2 unspecified atom stereocenters. The van der Waals surface area contributed by atoms with Crippen LogP contribution in [0.3, 0.4) is 0 Å². The zero-order chi connectivity index (χ0) is 14.7. The lowest BCUT2D eigenvalue weighted by Crippen LogP contribution is -2.40. The number of benzene rings is 1. The van der Waals surface area contributed by atoms with Crippen molar-refractivity contribution in [1.29, 1.82) is 0 Å². The molecule has 3 rings (SSSR count). The second-order valence-corrected chi connectivity index (χ2v) is 6.85. The van der Waals surface area contributed by atoms with Gasteiger partial charge in [-0.2, -0.15) is 0 Å². The summed E-state index contributed by atoms with van der Waals surface area (Å²) in [6, 6.07) is 13.8. The van der Waals surface area contributed by atoms with Crippen molar-refractivity contribution in [3.05, 3.63) is 57.8 Å². The molecule has 0 bridgehead atoms. The third kappa shape index (κ3) is 3.20. The van der Waals surface area contributed by atoms with Crippen molar-refractivity contribution in [3.8, 4) is 0 Å². The van der Waals surface area contributed by atoms with E-state index < -0.39 is 0 Å². The summed E-state index contributed by atoms with van der Waals surface area (Å²) in [7, 11) is 0. The number of hydrogen-bond acceptors (Lipinski definition) is 3. The molecule has 112 valence electrons. The van der Waals surface area contributed by atoms with E-state index in [1.165, 1.54) is 28.8 Å². The van der Waals surface area contributed by atoms with Gasteiger partial charge in [0.05, 0.1) is 6.04 Å². The van der Waals surface area contributed by atoms with Crippen LogP contribution < -0.4 is 5.73 Å². The number of fused-ring (bicyclic) bond motifs is 1. The van der Waals surface area contributed by atoms with Gasteiger partial charge in [0.1, 0.15) is 0 Å². The van der Waals surface area contributed by atoms with Crippen molar-refractivity contribution in [2.45, 2.75) is 44.8 Å². The maximum atomic E-state index is 6.48. The fraction of sp³-hybridized carbons (Fsp3) is 0.444. The molecular weight excluding hydrogens is 276 g/mol. The Bertz CT molecular complexity index is 564. The predicted octanol–water partition coefficient (Wildman–Crippen LogP) is 3.97. The van der Waals surface area contributed by atoms with Crippen LogP contribution in [0.15, 0.2) is 41.8 Å². The average Bonchev–Trinajstić information content (AvgIpc) is 2.94. The molecule has 2 N–H and O–H groups in total. The molecule has 1 aromatic heterocycles. The summed E-state index contributed by atoms with van der Waals surface area (Å²) in [5.41, 5.74) is 9.46. The molecule has 0 saturated heterocycles. The van der Waals surface area contributed by atoms with Crippen LogP contribution in [0.1, 0.15) is 41.8 Å². The van der Waals surface area contributed by atoms with E-state index in [1.54, 1.807) is 0 Å². The summed E-state index contributed by atoms with van der Waals surface area (Å²) in [6.45, 7) is 4.34. The minimum atomic E-state index is 0.203. The van der Waals surface area contributed by atoms with Gasteiger partial charge in [-0.05, 0) is 48.4 Å². The smallest absolute Gasteiger partial charge is 0.0596 e. The molecule has 2 atom stereocenters. The van der Waals surface area contributed by atoms with Crippen molar-refractivity contribution in [2.75, 3.05) is 6.54 Å². The first kappa shape index (κ1) is 14.8. The van der Waals surface area contributed by atoms with Crippen LogP contribution in [0.4, 0.5) is 0 Å². The van der Waals surface area contributed by atoms with Gasteiger partial charge >= 0.3 is 0 Å². The Kier molecular flexibility index (Phi) is 4.73. The summed E-state index contributed by atoms with van der Waals surface area (Å²) in [5.74, 6) is 0. The van der Waals surface area contributed by atoms with Crippen molar-refractivity contribution >= 4 is 11.3 Å². The fourth-order valence-corrected chi connectivity index (χ4v) is 4.24. The van der Waals surface area contributed by atoms with Gasteiger partial charge < -0.3 is 5.73 Å². The topological polar surface area (TPSA) is 29.3 Å². The summed E-state index contributed by atoms with van der Waals surface area (Å²) >= 11 is 1.83. The third-order valence-electron chi connectivity index (χ3n) is 4.49. The Morgan fingerprint density at radius 1 is 1.19 bits per heavy atom. The van der Waals surface area contributed by atoms with E-state index in [0.717, 1.165) is 19.5 Å². The number of hydrogen-bond donors (Lipinski definition) is 1. The van der Waals surface area contributed by atoms with Crippen molar-refractivity contribution in [2.24, 2.45) is 5.73 Å². The number of thiophene rings is 1. The molecule has 0 fully saturated rings. The van der Waals surface area contributed by atoms with Crippen molar-refractivity contribution in [1.82, 2.24) is 4.90 Å². The molecule has 0 spiro atoms. The lowest BCUT2D eigenvalue weighted by molar-refractivity contribution is 0.166. The first-order valence-electron chi connectivity index (χ1n) is 7.89. The monoisotopic (exact) mass is 300 g/mol. The summed E-state index contributed by atoms with van der Waals surface area (Å²) in [6.07, 6.45) is 3.42. The van der Waals surface area contributed by atoms with Gasteiger partial charge in [-0.1, -0.05) is 37.3 Å². The Balaban J connectivity index is 1.89. The first-order chi connectivity index (χ1) is 10.3. The summed E-state index contributed by atoms with van der Waals surface area (Å²) in [4.78, 5) is 4.00. The van der Waals surface area contributed by atoms with Crippen LogP contribution in [0.2, 0.25) is 0 Å². The molecule has 3 heteroatoms. The number of aryl methyl sites for hydroxylation is 1. The average molecular weight is 300 g/mol. The molecule has 2 nitrogen and oxygen atoms in total. The highest BCUT2D eigenvalue weighted by Crippen LogP contribution is 2.32. The van der Waals surface area contributed by atoms with Gasteiger partial charge in [-0.25, -0.2) is 0 Å². The third-order valence-corrected chi connectivity index (χ3v) is 5.43. The first-order valence-corrected chi connectivity index (χ1v) is 8.77. The van der Waals surface area contributed by atoms with Crippen LogP contribution in [0, 0.1) is 0 Å². The van der Waals surface area contributed by atoms with E-state index in [-0.39, 0.29) is 6.04 Å². The van der Waals surface area contributed by atoms with E-state index in [9.17, 15) is 0 Å². The van der Waals surface area contributed by atoms with E-state index in [0.29, 0.717) is 6.04 Å². The normalized spacial score (nSPS) is 18.8.